The minimum Gasteiger partial charge on any atom is -0.506 e. The second kappa shape index (κ2) is 4.31. The van der Waals surface area contributed by atoms with Crippen molar-refractivity contribution in [3.63, 3.8) is 0 Å². The van der Waals surface area contributed by atoms with Crippen molar-refractivity contribution in [3.05, 3.63) is 28.3 Å². The Morgan fingerprint density at radius 3 is 2.33 bits per heavy atom. The molecule has 1 aliphatic rings. The van der Waals surface area contributed by atoms with E-state index in [4.69, 9.17) is 17.3 Å². The summed E-state index contributed by atoms with van der Waals surface area (Å²) in [5.41, 5.74) is 4.61. The molecule has 0 amide bonds. The maximum Gasteiger partial charge on any atom is 0.420 e. The van der Waals surface area contributed by atoms with E-state index in [2.05, 4.69) is 0 Å². The quantitative estimate of drug-likeness (QED) is 0.871. The van der Waals surface area contributed by atoms with Crippen molar-refractivity contribution in [2.24, 2.45) is 5.73 Å². The molecule has 0 spiro atoms. The van der Waals surface area contributed by atoms with E-state index in [0.29, 0.717) is 5.56 Å². The molecule has 0 radical (unpaired) electrons. The smallest absolute Gasteiger partial charge is 0.420 e. The third-order valence-electron chi connectivity index (χ3n) is 3.68. The number of hydrogen-bond donors (Lipinski definition) is 2. The van der Waals surface area contributed by atoms with Gasteiger partial charge in [0.15, 0.2) is 0 Å². The number of halogens is 4. The first kappa shape index (κ1) is 13.5. The fourth-order valence-electron chi connectivity index (χ4n) is 2.34. The maximum atomic E-state index is 12.8. The first-order chi connectivity index (χ1) is 8.30. The van der Waals surface area contributed by atoms with Crippen LogP contribution < -0.4 is 5.73 Å². The molecular formula is C12H13ClF3NO. The van der Waals surface area contributed by atoms with Crippen molar-refractivity contribution >= 4 is 11.6 Å². The van der Waals surface area contributed by atoms with Crippen LogP contribution in [0.15, 0.2) is 12.1 Å². The van der Waals surface area contributed by atoms with Gasteiger partial charge in [-0.15, -0.1) is 0 Å². The highest BCUT2D eigenvalue weighted by atomic mass is 35.5. The number of phenols is 1. The Bertz CT molecular complexity index is 464. The van der Waals surface area contributed by atoms with Crippen LogP contribution in [-0.4, -0.2) is 11.7 Å². The first-order valence-corrected chi connectivity index (χ1v) is 5.98. The molecule has 0 bridgehead atoms. The monoisotopic (exact) mass is 279 g/mol. The molecule has 0 atom stereocenters. The number of phenolic OH excluding ortho intramolecular Hbond substituents is 1. The van der Waals surface area contributed by atoms with Crippen molar-refractivity contribution in [2.45, 2.75) is 30.9 Å². The number of rotatable bonds is 2. The number of alkyl halides is 3. The fraction of sp³-hybridized carbons (Fsp3) is 0.500. The van der Waals surface area contributed by atoms with Gasteiger partial charge < -0.3 is 10.8 Å². The molecule has 18 heavy (non-hydrogen) atoms. The highest BCUT2D eigenvalue weighted by molar-refractivity contribution is 6.32. The molecule has 0 unspecified atom stereocenters. The lowest BCUT2D eigenvalue weighted by Crippen LogP contribution is -2.41. The second-order valence-corrected chi connectivity index (χ2v) is 5.10. The summed E-state index contributed by atoms with van der Waals surface area (Å²) in [7, 11) is 0. The lowest BCUT2D eigenvalue weighted by atomic mass is 9.64. The Balaban J connectivity index is 2.54. The fourth-order valence-corrected chi connectivity index (χ4v) is 2.55. The molecule has 6 heteroatoms. The Kier molecular flexibility index (Phi) is 3.23. The van der Waals surface area contributed by atoms with Crippen LogP contribution in [0.2, 0.25) is 5.02 Å². The number of hydrogen-bond acceptors (Lipinski definition) is 2. The van der Waals surface area contributed by atoms with Crippen LogP contribution in [0, 0.1) is 0 Å². The predicted molar refractivity (Wildman–Crippen MR) is 62.7 cm³/mol. The molecule has 100 valence electrons. The summed E-state index contributed by atoms with van der Waals surface area (Å²) in [6.07, 6.45) is -2.18. The van der Waals surface area contributed by atoms with Gasteiger partial charge in [-0.25, -0.2) is 0 Å². The summed E-state index contributed by atoms with van der Waals surface area (Å²) >= 11 is 5.68. The molecule has 1 saturated carbocycles. The molecular weight excluding hydrogens is 267 g/mol. The minimum atomic E-state index is -4.62. The molecule has 2 nitrogen and oxygen atoms in total. The summed E-state index contributed by atoms with van der Waals surface area (Å²) in [5, 5.41) is 9.13. The zero-order valence-electron chi connectivity index (χ0n) is 9.52. The van der Waals surface area contributed by atoms with Crippen molar-refractivity contribution in [1.29, 1.82) is 0 Å². The topological polar surface area (TPSA) is 46.2 Å². The zero-order valence-corrected chi connectivity index (χ0v) is 10.3. The molecule has 1 fully saturated rings. The molecule has 1 aliphatic carbocycles. The molecule has 3 N–H and O–H groups in total. The van der Waals surface area contributed by atoms with Crippen LogP contribution in [0.4, 0.5) is 13.2 Å². The van der Waals surface area contributed by atoms with E-state index in [1.165, 1.54) is 6.07 Å². The molecule has 2 rings (SSSR count). The summed E-state index contributed by atoms with van der Waals surface area (Å²) < 4.78 is 38.3. The first-order valence-electron chi connectivity index (χ1n) is 5.60. The van der Waals surface area contributed by atoms with Gasteiger partial charge in [-0.3, -0.25) is 0 Å². The van der Waals surface area contributed by atoms with E-state index < -0.39 is 22.9 Å². The number of aromatic hydroxyl groups is 1. The van der Waals surface area contributed by atoms with Gasteiger partial charge in [-0.1, -0.05) is 18.0 Å². The highest BCUT2D eigenvalue weighted by Gasteiger charge is 2.41. The third kappa shape index (κ3) is 2.06. The molecule has 1 aromatic carbocycles. The minimum absolute atomic E-state index is 0.278. The van der Waals surface area contributed by atoms with E-state index in [1.54, 1.807) is 0 Å². The van der Waals surface area contributed by atoms with Crippen LogP contribution in [0.3, 0.4) is 0 Å². The lowest BCUT2D eigenvalue weighted by molar-refractivity contribution is -0.138. The van der Waals surface area contributed by atoms with Crippen molar-refractivity contribution in [2.75, 3.05) is 6.54 Å². The van der Waals surface area contributed by atoms with Gasteiger partial charge in [0.05, 0.1) is 10.6 Å². The largest absolute Gasteiger partial charge is 0.506 e. The maximum absolute atomic E-state index is 12.8. The van der Waals surface area contributed by atoms with Gasteiger partial charge >= 0.3 is 6.18 Å². The average Bonchev–Trinajstić information content (AvgIpc) is 2.20. The van der Waals surface area contributed by atoms with Gasteiger partial charge in [-0.05, 0) is 30.5 Å². The highest BCUT2D eigenvalue weighted by Crippen LogP contribution is 2.48. The summed E-state index contributed by atoms with van der Waals surface area (Å²) in [4.78, 5) is 0. The predicted octanol–water partition coefficient (Wildman–Crippen LogP) is 3.44. The SMILES string of the molecule is NCC1(c2cc(Cl)c(O)c(C(F)(F)F)c2)CCC1. The van der Waals surface area contributed by atoms with Gasteiger partial charge in [0, 0.05) is 12.0 Å². The normalized spacial score (nSPS) is 18.5. The Morgan fingerprint density at radius 1 is 1.33 bits per heavy atom. The van der Waals surface area contributed by atoms with Gasteiger partial charge in [-0.2, -0.15) is 13.2 Å². The van der Waals surface area contributed by atoms with Gasteiger partial charge in [0.2, 0.25) is 0 Å². The van der Waals surface area contributed by atoms with Crippen LogP contribution in [0.25, 0.3) is 0 Å². The van der Waals surface area contributed by atoms with E-state index in [9.17, 15) is 18.3 Å². The zero-order chi connectivity index (χ0) is 13.6. The second-order valence-electron chi connectivity index (χ2n) is 4.69. The van der Waals surface area contributed by atoms with Gasteiger partial charge in [0.1, 0.15) is 5.75 Å². The summed E-state index contributed by atoms with van der Waals surface area (Å²) in [6.45, 7) is 0.283. The number of benzene rings is 1. The van der Waals surface area contributed by atoms with E-state index in [-0.39, 0.29) is 11.6 Å². The van der Waals surface area contributed by atoms with Crippen molar-refractivity contribution in [1.82, 2.24) is 0 Å². The lowest BCUT2D eigenvalue weighted by Gasteiger charge is -2.42. The number of nitrogens with two attached hydrogens (primary N) is 1. The third-order valence-corrected chi connectivity index (χ3v) is 3.97. The standard InChI is InChI=1S/C12H13ClF3NO/c13-9-5-7(11(6-17)2-1-3-11)4-8(10(9)18)12(14,15)16/h4-5,18H,1-3,6,17H2. The average molecular weight is 280 g/mol. The van der Waals surface area contributed by atoms with Gasteiger partial charge in [0.25, 0.3) is 0 Å². The molecule has 0 heterocycles. The van der Waals surface area contributed by atoms with E-state index in [0.717, 1.165) is 25.3 Å². The van der Waals surface area contributed by atoms with Crippen LogP contribution >= 0.6 is 11.6 Å². The molecule has 1 aromatic rings. The Labute approximate surface area is 108 Å². The van der Waals surface area contributed by atoms with Crippen LogP contribution in [0.1, 0.15) is 30.4 Å². The van der Waals surface area contributed by atoms with Crippen LogP contribution in [0.5, 0.6) is 5.75 Å². The Hall–Kier alpha value is -0.940. The summed E-state index contributed by atoms with van der Waals surface area (Å²) in [5.74, 6) is -0.917. The van der Waals surface area contributed by atoms with Crippen molar-refractivity contribution in [3.8, 4) is 5.75 Å². The van der Waals surface area contributed by atoms with Crippen molar-refractivity contribution < 1.29 is 18.3 Å². The van der Waals surface area contributed by atoms with E-state index >= 15 is 0 Å². The molecule has 0 aliphatic heterocycles. The van der Waals surface area contributed by atoms with E-state index in [1.807, 2.05) is 0 Å². The molecule has 0 aromatic heterocycles. The Morgan fingerprint density at radius 2 is 1.94 bits per heavy atom. The van der Waals surface area contributed by atoms with Crippen LogP contribution in [-0.2, 0) is 11.6 Å². The molecule has 0 saturated heterocycles. The summed E-state index contributed by atoms with van der Waals surface area (Å²) in [6, 6.07) is 2.35.